The maximum absolute atomic E-state index is 11.4. The molecule has 1 aromatic rings. The number of rotatable bonds is 2. The molecule has 0 spiro atoms. The van der Waals surface area contributed by atoms with E-state index < -0.39 is 5.54 Å². The molecule has 0 unspecified atom stereocenters. The van der Waals surface area contributed by atoms with Crippen LogP contribution in [0.2, 0.25) is 0 Å². The molecule has 0 aliphatic heterocycles. The molecule has 5 heteroatoms. The highest BCUT2D eigenvalue weighted by Crippen LogP contribution is 2.44. The fourth-order valence-corrected chi connectivity index (χ4v) is 1.66. The van der Waals surface area contributed by atoms with E-state index in [4.69, 9.17) is 4.74 Å². The molecular weight excluding hydrogens is 260 g/mol. The van der Waals surface area contributed by atoms with Crippen molar-refractivity contribution < 1.29 is 9.53 Å². The van der Waals surface area contributed by atoms with E-state index >= 15 is 0 Å². The number of hydrogen-bond acceptors (Lipinski definition) is 3. The smallest absolute Gasteiger partial charge is 0.333 e. The third kappa shape index (κ3) is 2.22. The van der Waals surface area contributed by atoms with Crippen LogP contribution in [0.3, 0.4) is 0 Å². The second-order valence-electron chi connectivity index (χ2n) is 3.11. The molecule has 1 heterocycles. The van der Waals surface area contributed by atoms with Gasteiger partial charge in [0.25, 0.3) is 0 Å². The number of aromatic nitrogens is 2. The highest BCUT2D eigenvalue weighted by molar-refractivity contribution is 9.10. The van der Waals surface area contributed by atoms with E-state index in [0.717, 1.165) is 17.4 Å². The van der Waals surface area contributed by atoms with Gasteiger partial charge in [0, 0.05) is 6.20 Å². The lowest BCUT2D eigenvalue weighted by Gasteiger charge is -2.12. The highest BCUT2D eigenvalue weighted by Gasteiger charge is 2.53. The zero-order valence-corrected chi connectivity index (χ0v) is 10.7. The summed E-state index contributed by atoms with van der Waals surface area (Å²) in [6, 6.07) is 1.81. The number of ether oxygens (including phenoxy) is 1. The first-order valence-electron chi connectivity index (χ1n) is 4.99. The molecule has 1 aliphatic carbocycles. The number of esters is 1. The van der Waals surface area contributed by atoms with Gasteiger partial charge in [0.2, 0.25) is 0 Å². The molecule has 0 saturated heterocycles. The van der Waals surface area contributed by atoms with E-state index in [9.17, 15) is 4.79 Å². The minimum atomic E-state index is -0.513. The van der Waals surface area contributed by atoms with Crippen LogP contribution < -0.4 is 0 Å². The Labute approximate surface area is 97.7 Å². The minimum Gasteiger partial charge on any atom is -0.467 e. The molecule has 0 aromatic carbocycles. The van der Waals surface area contributed by atoms with Crippen molar-refractivity contribution >= 4 is 21.9 Å². The molecule has 0 amide bonds. The van der Waals surface area contributed by atoms with Crippen molar-refractivity contribution in [2.24, 2.45) is 0 Å². The molecule has 2 rings (SSSR count). The van der Waals surface area contributed by atoms with Gasteiger partial charge in [-0.05, 0) is 34.8 Å². The van der Waals surface area contributed by atoms with Gasteiger partial charge in [-0.25, -0.2) is 4.79 Å². The zero-order valence-electron chi connectivity index (χ0n) is 9.16. The monoisotopic (exact) mass is 274 g/mol. The maximum Gasteiger partial charge on any atom is 0.333 e. The van der Waals surface area contributed by atoms with Gasteiger partial charge in [-0.2, -0.15) is 5.10 Å². The summed E-state index contributed by atoms with van der Waals surface area (Å²) in [4.78, 5) is 11.4. The number of carbonyl (C=O) groups excluding carboxylic acids is 1. The van der Waals surface area contributed by atoms with E-state index in [1.54, 1.807) is 10.9 Å². The van der Waals surface area contributed by atoms with Crippen LogP contribution in [-0.4, -0.2) is 22.9 Å². The Morgan fingerprint density at radius 2 is 2.20 bits per heavy atom. The summed E-state index contributed by atoms with van der Waals surface area (Å²) in [5.74, 6) is -0.205. The molecule has 84 valence electrons. The molecule has 1 saturated carbocycles. The maximum atomic E-state index is 11.4. The topological polar surface area (TPSA) is 44.1 Å². The predicted molar refractivity (Wildman–Crippen MR) is 60.5 cm³/mol. The first kappa shape index (κ1) is 12.2. The van der Waals surface area contributed by atoms with Crippen molar-refractivity contribution in [3.8, 4) is 0 Å². The van der Waals surface area contributed by atoms with Gasteiger partial charge >= 0.3 is 5.97 Å². The van der Waals surface area contributed by atoms with E-state index in [0.29, 0.717) is 0 Å². The molecular formula is C10H15BrN2O2. The predicted octanol–water partition coefficient (Wildman–Crippen LogP) is 2.33. The summed E-state index contributed by atoms with van der Waals surface area (Å²) in [6.45, 7) is 4.00. The molecule has 15 heavy (non-hydrogen) atoms. The van der Waals surface area contributed by atoms with Crippen molar-refractivity contribution in [3.05, 3.63) is 16.9 Å². The number of halogens is 1. The third-order valence-electron chi connectivity index (χ3n) is 2.28. The van der Waals surface area contributed by atoms with Crippen LogP contribution in [0.25, 0.3) is 0 Å². The molecule has 0 N–H and O–H groups in total. The lowest BCUT2D eigenvalue weighted by atomic mass is 10.3. The number of nitrogens with zero attached hydrogens (tertiary/aromatic N) is 2. The first-order valence-corrected chi connectivity index (χ1v) is 5.78. The van der Waals surface area contributed by atoms with E-state index in [1.165, 1.54) is 7.11 Å². The van der Waals surface area contributed by atoms with Crippen LogP contribution in [0.15, 0.2) is 16.9 Å². The number of hydrogen-bond donors (Lipinski definition) is 0. The van der Waals surface area contributed by atoms with Crippen molar-refractivity contribution in [1.29, 1.82) is 0 Å². The zero-order chi connectivity index (χ0) is 11.5. The van der Waals surface area contributed by atoms with Gasteiger partial charge in [-0.1, -0.05) is 13.8 Å². The van der Waals surface area contributed by atoms with Gasteiger partial charge < -0.3 is 4.74 Å². The molecule has 4 nitrogen and oxygen atoms in total. The van der Waals surface area contributed by atoms with Crippen molar-refractivity contribution in [1.82, 2.24) is 9.78 Å². The fourth-order valence-electron chi connectivity index (χ4n) is 1.38. The van der Waals surface area contributed by atoms with Gasteiger partial charge in [-0.3, -0.25) is 4.68 Å². The number of carbonyl (C=O) groups is 1. The lowest BCUT2D eigenvalue weighted by Crippen LogP contribution is -2.29. The van der Waals surface area contributed by atoms with Crippen LogP contribution >= 0.6 is 15.9 Å². The highest BCUT2D eigenvalue weighted by atomic mass is 79.9. The second kappa shape index (κ2) is 4.79. The Hall–Kier alpha value is -0.840. The molecule has 0 bridgehead atoms. The standard InChI is InChI=1S/C8H9BrN2O2.C2H6/c1-13-7(12)8(3-4-8)11-5-2-6(9)10-11;1-2/h2,5H,3-4H2,1H3;1-2H3. The SMILES string of the molecule is CC.COC(=O)C1(n2ccc(Br)n2)CC1. The van der Waals surface area contributed by atoms with Gasteiger partial charge in [0.1, 0.15) is 4.60 Å². The average Bonchev–Trinajstić information content (AvgIpc) is 2.98. The van der Waals surface area contributed by atoms with E-state index in [1.807, 2.05) is 19.9 Å². The summed E-state index contributed by atoms with van der Waals surface area (Å²) in [7, 11) is 1.40. The Kier molecular flexibility index (Phi) is 3.90. The summed E-state index contributed by atoms with van der Waals surface area (Å²) < 4.78 is 7.13. The number of methoxy groups -OCH3 is 1. The molecule has 1 aliphatic rings. The first-order chi connectivity index (χ1) is 7.19. The summed E-state index contributed by atoms with van der Waals surface area (Å²) in [5.41, 5.74) is -0.513. The van der Waals surface area contributed by atoms with Crippen molar-refractivity contribution in [2.45, 2.75) is 32.2 Å². The Bertz CT molecular complexity index is 345. The van der Waals surface area contributed by atoms with Crippen LogP contribution in [0, 0.1) is 0 Å². The largest absolute Gasteiger partial charge is 0.467 e. The second-order valence-corrected chi connectivity index (χ2v) is 3.92. The molecule has 1 fully saturated rings. The minimum absolute atomic E-state index is 0.205. The third-order valence-corrected chi connectivity index (χ3v) is 2.71. The van der Waals surface area contributed by atoms with Crippen LogP contribution in [0.4, 0.5) is 0 Å². The average molecular weight is 275 g/mol. The lowest BCUT2D eigenvalue weighted by molar-refractivity contribution is -0.146. The van der Waals surface area contributed by atoms with E-state index in [2.05, 4.69) is 21.0 Å². The quantitative estimate of drug-likeness (QED) is 0.778. The Morgan fingerprint density at radius 3 is 2.53 bits per heavy atom. The summed E-state index contributed by atoms with van der Waals surface area (Å²) >= 11 is 3.24. The Balaban J connectivity index is 0.000000531. The van der Waals surface area contributed by atoms with Crippen molar-refractivity contribution in [3.63, 3.8) is 0 Å². The van der Waals surface area contributed by atoms with Gasteiger partial charge in [0.05, 0.1) is 7.11 Å². The molecule has 0 atom stereocenters. The van der Waals surface area contributed by atoms with E-state index in [-0.39, 0.29) is 5.97 Å². The van der Waals surface area contributed by atoms with Crippen molar-refractivity contribution in [2.75, 3.05) is 7.11 Å². The van der Waals surface area contributed by atoms with Crippen LogP contribution in [0.1, 0.15) is 26.7 Å². The van der Waals surface area contributed by atoms with Crippen LogP contribution in [-0.2, 0) is 15.1 Å². The van der Waals surface area contributed by atoms with Crippen LogP contribution in [0.5, 0.6) is 0 Å². The summed E-state index contributed by atoms with van der Waals surface area (Å²) in [5, 5.41) is 4.15. The van der Waals surface area contributed by atoms with Gasteiger partial charge in [0.15, 0.2) is 5.54 Å². The van der Waals surface area contributed by atoms with Gasteiger partial charge in [-0.15, -0.1) is 0 Å². The normalized spacial score (nSPS) is 16.3. The fraction of sp³-hybridized carbons (Fsp3) is 0.600. The molecule has 0 radical (unpaired) electrons. The Morgan fingerprint density at radius 1 is 1.60 bits per heavy atom. The summed E-state index contributed by atoms with van der Waals surface area (Å²) in [6.07, 6.45) is 3.41. The molecule has 1 aromatic heterocycles.